The molecule has 1 fully saturated rings. The molecule has 7 nitrogen and oxygen atoms in total. The number of fused-ring (bicyclic) bond motifs is 1. The Morgan fingerprint density at radius 1 is 0.968 bits per heavy atom. The standard InChI is InChI=1S/C24H31N3O4/c1-29-22-6-3-18(14-23(22)30-2)15-25-24(28)17-27-10-8-26(9-11-27)16-19-4-5-21-20(13-19)7-12-31-21/h3-6,13-14H,7-12,15-17H2,1-2H3,(H,25,28)/p+2. The predicted octanol–water partition coefficient (Wildman–Crippen LogP) is -0.761. The van der Waals surface area contributed by atoms with Crippen LogP contribution in [0.3, 0.4) is 0 Å². The Hall–Kier alpha value is -2.77. The summed E-state index contributed by atoms with van der Waals surface area (Å²) in [6.45, 7) is 7.09. The third-order valence-corrected chi connectivity index (χ3v) is 6.22. The maximum absolute atomic E-state index is 12.4. The number of quaternary nitrogens is 2. The lowest BCUT2D eigenvalue weighted by Gasteiger charge is -2.29. The molecule has 4 rings (SSSR count). The first-order valence-corrected chi connectivity index (χ1v) is 11.0. The van der Waals surface area contributed by atoms with Crippen LogP contribution in [0, 0.1) is 0 Å². The van der Waals surface area contributed by atoms with Gasteiger partial charge in [-0.15, -0.1) is 0 Å². The molecule has 1 saturated heterocycles. The van der Waals surface area contributed by atoms with Crippen LogP contribution < -0.4 is 29.3 Å². The van der Waals surface area contributed by atoms with Crippen molar-refractivity contribution < 1.29 is 28.8 Å². The van der Waals surface area contributed by atoms with E-state index < -0.39 is 0 Å². The summed E-state index contributed by atoms with van der Waals surface area (Å²) in [7, 11) is 3.23. The number of benzene rings is 2. The van der Waals surface area contributed by atoms with Gasteiger partial charge in [-0.05, 0) is 41.5 Å². The summed E-state index contributed by atoms with van der Waals surface area (Å²) < 4.78 is 16.2. The third-order valence-electron chi connectivity index (χ3n) is 6.22. The highest BCUT2D eigenvalue weighted by Gasteiger charge is 2.25. The summed E-state index contributed by atoms with van der Waals surface area (Å²) in [5.74, 6) is 2.50. The topological polar surface area (TPSA) is 65.7 Å². The number of hydrogen-bond donors (Lipinski definition) is 3. The van der Waals surface area contributed by atoms with Crippen LogP contribution in [0.5, 0.6) is 17.2 Å². The van der Waals surface area contributed by atoms with E-state index in [1.54, 1.807) is 19.1 Å². The zero-order valence-electron chi connectivity index (χ0n) is 18.5. The highest BCUT2D eigenvalue weighted by Crippen LogP contribution is 2.27. The van der Waals surface area contributed by atoms with Crippen LogP contribution in [0.1, 0.15) is 16.7 Å². The summed E-state index contributed by atoms with van der Waals surface area (Å²) in [5, 5.41) is 3.04. The molecule has 0 aliphatic carbocycles. The Morgan fingerprint density at radius 2 is 1.71 bits per heavy atom. The van der Waals surface area contributed by atoms with Crippen LogP contribution in [-0.2, 0) is 24.3 Å². The van der Waals surface area contributed by atoms with Crippen molar-refractivity contribution in [2.45, 2.75) is 19.5 Å². The van der Waals surface area contributed by atoms with Crippen molar-refractivity contribution in [3.63, 3.8) is 0 Å². The maximum Gasteiger partial charge on any atom is 0.275 e. The molecule has 0 spiro atoms. The molecule has 0 atom stereocenters. The fraction of sp³-hybridized carbons (Fsp3) is 0.458. The molecule has 31 heavy (non-hydrogen) atoms. The van der Waals surface area contributed by atoms with E-state index in [0.717, 1.165) is 57.1 Å². The van der Waals surface area contributed by atoms with Crippen LogP contribution >= 0.6 is 0 Å². The van der Waals surface area contributed by atoms with Crippen LogP contribution in [0.2, 0.25) is 0 Å². The molecule has 1 amide bonds. The summed E-state index contributed by atoms with van der Waals surface area (Å²) in [6.07, 6.45) is 1.02. The third kappa shape index (κ3) is 5.48. The average Bonchev–Trinajstić information content (AvgIpc) is 3.26. The largest absolute Gasteiger partial charge is 0.493 e. The van der Waals surface area contributed by atoms with Crippen LogP contribution in [0.25, 0.3) is 0 Å². The Labute approximate surface area is 183 Å². The quantitative estimate of drug-likeness (QED) is 0.518. The van der Waals surface area contributed by atoms with E-state index in [1.165, 1.54) is 16.0 Å². The minimum Gasteiger partial charge on any atom is -0.493 e. The van der Waals surface area contributed by atoms with Crippen LogP contribution in [-0.4, -0.2) is 59.5 Å². The normalized spacial score (nSPS) is 19.9. The number of carbonyl (C=O) groups excluding carboxylic acids is 1. The second-order valence-corrected chi connectivity index (χ2v) is 8.36. The molecule has 7 heteroatoms. The Bertz CT molecular complexity index is 910. The van der Waals surface area contributed by atoms with Gasteiger partial charge in [0.15, 0.2) is 18.0 Å². The SMILES string of the molecule is COc1ccc(CNC(=O)C[NH+]2CC[NH+](Cc3ccc4c(c3)CCO4)CC2)cc1OC. The molecule has 0 unspecified atom stereocenters. The monoisotopic (exact) mass is 427 g/mol. The zero-order valence-corrected chi connectivity index (χ0v) is 18.5. The Morgan fingerprint density at radius 3 is 2.48 bits per heavy atom. The van der Waals surface area contributed by atoms with Gasteiger partial charge in [0, 0.05) is 18.5 Å². The van der Waals surface area contributed by atoms with Gasteiger partial charge in [0.2, 0.25) is 0 Å². The molecule has 2 aliphatic heterocycles. The number of amides is 1. The molecular formula is C24H33N3O4+2. The lowest BCUT2D eigenvalue weighted by atomic mass is 10.1. The summed E-state index contributed by atoms with van der Waals surface area (Å²) in [6, 6.07) is 12.3. The number of piperazine rings is 1. The molecule has 2 aliphatic rings. The molecule has 0 bridgehead atoms. The van der Waals surface area contributed by atoms with Gasteiger partial charge in [-0.3, -0.25) is 4.79 Å². The van der Waals surface area contributed by atoms with Crippen molar-refractivity contribution in [3.05, 3.63) is 53.1 Å². The lowest BCUT2D eigenvalue weighted by molar-refractivity contribution is -1.02. The Balaban J connectivity index is 1.19. The molecule has 2 heterocycles. The minimum atomic E-state index is 0.0897. The van der Waals surface area contributed by atoms with E-state index in [9.17, 15) is 4.79 Å². The van der Waals surface area contributed by atoms with Gasteiger partial charge >= 0.3 is 0 Å². The molecule has 166 valence electrons. The number of ether oxygens (including phenoxy) is 3. The van der Waals surface area contributed by atoms with E-state index in [0.29, 0.717) is 24.6 Å². The number of methoxy groups -OCH3 is 2. The van der Waals surface area contributed by atoms with Crippen LogP contribution in [0.4, 0.5) is 0 Å². The van der Waals surface area contributed by atoms with E-state index >= 15 is 0 Å². The van der Waals surface area contributed by atoms with Gasteiger partial charge in [0.25, 0.3) is 5.91 Å². The van der Waals surface area contributed by atoms with Crippen molar-refractivity contribution in [2.24, 2.45) is 0 Å². The van der Waals surface area contributed by atoms with Gasteiger partial charge < -0.3 is 29.3 Å². The van der Waals surface area contributed by atoms with Gasteiger partial charge in [0.05, 0.1) is 20.8 Å². The van der Waals surface area contributed by atoms with Crippen molar-refractivity contribution in [2.75, 3.05) is 53.6 Å². The number of rotatable bonds is 8. The van der Waals surface area contributed by atoms with E-state index in [-0.39, 0.29) is 5.91 Å². The average molecular weight is 428 g/mol. The van der Waals surface area contributed by atoms with Gasteiger partial charge in [-0.1, -0.05) is 6.07 Å². The first-order valence-electron chi connectivity index (χ1n) is 11.0. The number of hydrogen-bond acceptors (Lipinski definition) is 4. The van der Waals surface area contributed by atoms with Gasteiger partial charge in [0.1, 0.15) is 38.5 Å². The summed E-state index contributed by atoms with van der Waals surface area (Å²) in [5.41, 5.74) is 3.72. The summed E-state index contributed by atoms with van der Waals surface area (Å²) >= 11 is 0. The second-order valence-electron chi connectivity index (χ2n) is 8.36. The van der Waals surface area contributed by atoms with Crippen molar-refractivity contribution >= 4 is 5.91 Å². The van der Waals surface area contributed by atoms with E-state index in [2.05, 4.69) is 23.5 Å². The van der Waals surface area contributed by atoms with E-state index in [4.69, 9.17) is 14.2 Å². The van der Waals surface area contributed by atoms with Gasteiger partial charge in [-0.25, -0.2) is 0 Å². The van der Waals surface area contributed by atoms with Crippen molar-refractivity contribution in [1.82, 2.24) is 5.32 Å². The minimum absolute atomic E-state index is 0.0897. The highest BCUT2D eigenvalue weighted by atomic mass is 16.5. The molecule has 3 N–H and O–H groups in total. The molecule has 2 aromatic rings. The molecule has 0 saturated carbocycles. The van der Waals surface area contributed by atoms with Crippen molar-refractivity contribution in [3.8, 4) is 17.2 Å². The van der Waals surface area contributed by atoms with E-state index in [1.807, 2.05) is 18.2 Å². The maximum atomic E-state index is 12.4. The van der Waals surface area contributed by atoms with Crippen LogP contribution in [0.15, 0.2) is 36.4 Å². The second kappa shape index (κ2) is 10.0. The first-order chi connectivity index (χ1) is 15.1. The van der Waals surface area contributed by atoms with Crippen molar-refractivity contribution in [1.29, 1.82) is 0 Å². The Kier molecular flexibility index (Phi) is 6.94. The zero-order chi connectivity index (χ0) is 21.6. The number of nitrogens with one attached hydrogen (secondary N) is 3. The fourth-order valence-electron chi connectivity index (χ4n) is 4.43. The molecular weight excluding hydrogens is 394 g/mol. The predicted molar refractivity (Wildman–Crippen MR) is 117 cm³/mol. The summed E-state index contributed by atoms with van der Waals surface area (Å²) in [4.78, 5) is 15.4. The molecule has 0 aromatic heterocycles. The molecule has 2 aromatic carbocycles. The van der Waals surface area contributed by atoms with Gasteiger partial charge in [-0.2, -0.15) is 0 Å². The lowest BCUT2D eigenvalue weighted by Crippen LogP contribution is -3.28. The highest BCUT2D eigenvalue weighted by molar-refractivity contribution is 5.76. The smallest absolute Gasteiger partial charge is 0.275 e. The number of carbonyl (C=O) groups is 1. The first kappa shape index (κ1) is 21.5. The molecule has 0 radical (unpaired) electrons. The fourth-order valence-corrected chi connectivity index (χ4v) is 4.43.